The van der Waals surface area contributed by atoms with Crippen LogP contribution >= 0.6 is 0 Å². The third-order valence-electron chi connectivity index (χ3n) is 3.75. The van der Waals surface area contributed by atoms with E-state index in [-0.39, 0.29) is 11.4 Å². The van der Waals surface area contributed by atoms with E-state index < -0.39 is 21.8 Å². The minimum absolute atomic E-state index is 0.151. The van der Waals surface area contributed by atoms with Crippen LogP contribution in [0.4, 0.5) is 18.9 Å². The highest BCUT2D eigenvalue weighted by Crippen LogP contribution is 2.29. The lowest BCUT2D eigenvalue weighted by molar-refractivity contribution is -0.137. The van der Waals surface area contributed by atoms with Gasteiger partial charge in [-0.25, -0.2) is 12.7 Å². The fourth-order valence-corrected chi connectivity index (χ4v) is 3.10. The molecule has 0 unspecified atom stereocenters. The van der Waals surface area contributed by atoms with Gasteiger partial charge >= 0.3 is 6.18 Å². The van der Waals surface area contributed by atoms with Crippen LogP contribution in [0, 0.1) is 6.92 Å². The molecular formula is C17H19F3N2O2S. The molecule has 0 aliphatic rings. The Kier molecular flexibility index (Phi) is 5.43. The topological polar surface area (TPSA) is 49.4 Å². The van der Waals surface area contributed by atoms with Crippen LogP contribution in [0.25, 0.3) is 0 Å². The highest BCUT2D eigenvalue weighted by Gasteiger charge is 2.29. The molecule has 0 heterocycles. The third kappa shape index (κ3) is 4.52. The Balaban J connectivity index is 2.18. The summed E-state index contributed by atoms with van der Waals surface area (Å²) in [5.41, 5.74) is 1.41. The van der Waals surface area contributed by atoms with Gasteiger partial charge in [-0.05, 0) is 42.3 Å². The number of alkyl halides is 3. The summed E-state index contributed by atoms with van der Waals surface area (Å²) in [4.78, 5) is 0.151. The highest BCUT2D eigenvalue weighted by molar-refractivity contribution is 7.89. The van der Waals surface area contributed by atoms with E-state index in [9.17, 15) is 21.6 Å². The second-order valence-corrected chi connectivity index (χ2v) is 7.96. The van der Waals surface area contributed by atoms with Crippen LogP contribution < -0.4 is 5.32 Å². The molecule has 0 saturated carbocycles. The summed E-state index contributed by atoms with van der Waals surface area (Å²) in [5.74, 6) is 0. The average molecular weight is 372 g/mol. The van der Waals surface area contributed by atoms with Crippen molar-refractivity contribution in [3.63, 3.8) is 0 Å². The monoisotopic (exact) mass is 372 g/mol. The SMILES string of the molecule is Cc1ccc(S(=O)(=O)N(C)C)cc1NCc1ccc(C(F)(F)F)cc1. The highest BCUT2D eigenvalue weighted by atomic mass is 32.2. The van der Waals surface area contributed by atoms with Crippen molar-refractivity contribution < 1.29 is 21.6 Å². The lowest BCUT2D eigenvalue weighted by Crippen LogP contribution is -2.22. The summed E-state index contributed by atoms with van der Waals surface area (Å²) >= 11 is 0. The van der Waals surface area contributed by atoms with Crippen LogP contribution in [0.3, 0.4) is 0 Å². The summed E-state index contributed by atoms with van der Waals surface area (Å²) in [6, 6.07) is 9.57. The van der Waals surface area contributed by atoms with Crippen molar-refractivity contribution >= 4 is 15.7 Å². The summed E-state index contributed by atoms with van der Waals surface area (Å²) in [6.07, 6.45) is -4.36. The van der Waals surface area contributed by atoms with Crippen molar-refractivity contribution in [1.82, 2.24) is 4.31 Å². The molecule has 0 aliphatic heterocycles. The van der Waals surface area contributed by atoms with Gasteiger partial charge in [0.1, 0.15) is 0 Å². The number of hydrogen-bond acceptors (Lipinski definition) is 3. The smallest absolute Gasteiger partial charge is 0.381 e. The van der Waals surface area contributed by atoms with Crippen LogP contribution in [-0.2, 0) is 22.7 Å². The minimum atomic E-state index is -4.36. The second-order valence-electron chi connectivity index (χ2n) is 5.81. The Morgan fingerprint density at radius 3 is 2.16 bits per heavy atom. The number of aryl methyl sites for hydroxylation is 1. The first-order valence-electron chi connectivity index (χ1n) is 7.45. The largest absolute Gasteiger partial charge is 0.416 e. The summed E-state index contributed by atoms with van der Waals surface area (Å²) in [6.45, 7) is 2.10. The van der Waals surface area contributed by atoms with E-state index in [0.29, 0.717) is 11.3 Å². The maximum absolute atomic E-state index is 12.6. The van der Waals surface area contributed by atoms with Crippen molar-refractivity contribution in [3.05, 3.63) is 59.2 Å². The van der Waals surface area contributed by atoms with Gasteiger partial charge in [0.25, 0.3) is 0 Å². The van der Waals surface area contributed by atoms with Crippen molar-refractivity contribution in [2.45, 2.75) is 24.5 Å². The molecule has 0 fully saturated rings. The molecular weight excluding hydrogens is 353 g/mol. The fourth-order valence-electron chi connectivity index (χ4n) is 2.17. The van der Waals surface area contributed by atoms with Gasteiger partial charge in [-0.3, -0.25) is 0 Å². The summed E-state index contributed by atoms with van der Waals surface area (Å²) in [5, 5.41) is 3.07. The Morgan fingerprint density at radius 2 is 1.64 bits per heavy atom. The van der Waals surface area contributed by atoms with E-state index >= 15 is 0 Å². The van der Waals surface area contributed by atoms with Crippen molar-refractivity contribution in [2.24, 2.45) is 0 Å². The quantitative estimate of drug-likeness (QED) is 0.867. The third-order valence-corrected chi connectivity index (χ3v) is 5.56. The number of benzene rings is 2. The lowest BCUT2D eigenvalue weighted by atomic mass is 10.1. The predicted molar refractivity (Wildman–Crippen MR) is 90.8 cm³/mol. The van der Waals surface area contributed by atoms with Crippen molar-refractivity contribution in [2.75, 3.05) is 19.4 Å². The molecule has 0 spiro atoms. The molecule has 136 valence electrons. The Hall–Kier alpha value is -2.06. The van der Waals surface area contributed by atoms with Gasteiger partial charge in [0.2, 0.25) is 10.0 Å². The first-order chi connectivity index (χ1) is 11.5. The molecule has 0 aliphatic carbocycles. The molecule has 2 aromatic carbocycles. The number of nitrogens with one attached hydrogen (secondary N) is 1. The van der Waals surface area contributed by atoms with Crippen LogP contribution in [0.2, 0.25) is 0 Å². The van der Waals surface area contributed by atoms with E-state index in [1.54, 1.807) is 6.07 Å². The van der Waals surface area contributed by atoms with E-state index in [4.69, 9.17) is 0 Å². The standard InChI is InChI=1S/C17H19F3N2O2S/c1-12-4-9-15(25(23,24)22(2)3)10-16(12)21-11-13-5-7-14(8-6-13)17(18,19)20/h4-10,21H,11H2,1-3H3. The molecule has 0 aromatic heterocycles. The average Bonchev–Trinajstić information content (AvgIpc) is 2.53. The number of rotatable bonds is 5. The maximum Gasteiger partial charge on any atom is 0.416 e. The number of sulfonamides is 1. The number of halogens is 3. The van der Waals surface area contributed by atoms with Crippen LogP contribution in [0.1, 0.15) is 16.7 Å². The molecule has 0 atom stereocenters. The molecule has 1 N–H and O–H groups in total. The molecule has 0 bridgehead atoms. The van der Waals surface area contributed by atoms with Gasteiger partial charge in [0, 0.05) is 26.3 Å². The van der Waals surface area contributed by atoms with Gasteiger partial charge in [0.05, 0.1) is 10.5 Å². The van der Waals surface area contributed by atoms with Gasteiger partial charge in [-0.1, -0.05) is 18.2 Å². The summed E-state index contributed by atoms with van der Waals surface area (Å²) in [7, 11) is -0.655. The molecule has 0 radical (unpaired) electrons. The fraction of sp³-hybridized carbons (Fsp3) is 0.294. The molecule has 0 saturated heterocycles. The first-order valence-corrected chi connectivity index (χ1v) is 8.89. The number of nitrogens with zero attached hydrogens (tertiary/aromatic N) is 1. The van der Waals surface area contributed by atoms with E-state index in [1.165, 1.54) is 38.4 Å². The molecule has 8 heteroatoms. The van der Waals surface area contributed by atoms with Crippen LogP contribution in [-0.4, -0.2) is 26.8 Å². The van der Waals surface area contributed by atoms with E-state index in [2.05, 4.69) is 5.32 Å². The molecule has 25 heavy (non-hydrogen) atoms. The lowest BCUT2D eigenvalue weighted by Gasteiger charge is -2.15. The van der Waals surface area contributed by atoms with Crippen LogP contribution in [0.5, 0.6) is 0 Å². The van der Waals surface area contributed by atoms with E-state index in [0.717, 1.165) is 22.0 Å². The van der Waals surface area contributed by atoms with Crippen LogP contribution in [0.15, 0.2) is 47.4 Å². The molecule has 4 nitrogen and oxygen atoms in total. The van der Waals surface area contributed by atoms with Gasteiger partial charge < -0.3 is 5.32 Å². The van der Waals surface area contributed by atoms with Gasteiger partial charge in [0.15, 0.2) is 0 Å². The second kappa shape index (κ2) is 7.05. The van der Waals surface area contributed by atoms with Gasteiger partial charge in [-0.15, -0.1) is 0 Å². The summed E-state index contributed by atoms with van der Waals surface area (Å²) < 4.78 is 63.2. The Morgan fingerprint density at radius 1 is 1.04 bits per heavy atom. The Labute approximate surface area is 145 Å². The molecule has 0 amide bonds. The van der Waals surface area contributed by atoms with E-state index in [1.807, 2.05) is 6.92 Å². The normalized spacial score (nSPS) is 12.4. The molecule has 2 rings (SSSR count). The van der Waals surface area contributed by atoms with Gasteiger partial charge in [-0.2, -0.15) is 13.2 Å². The zero-order valence-corrected chi connectivity index (χ0v) is 14.9. The molecule has 2 aromatic rings. The first kappa shape index (κ1) is 19.3. The Bertz CT molecular complexity index is 845. The van der Waals surface area contributed by atoms with Crippen molar-refractivity contribution in [3.8, 4) is 0 Å². The predicted octanol–water partition coefficient (Wildman–Crippen LogP) is 3.88. The number of anilines is 1. The zero-order chi connectivity index (χ0) is 18.8. The number of hydrogen-bond donors (Lipinski definition) is 1. The van der Waals surface area contributed by atoms with Crippen molar-refractivity contribution in [1.29, 1.82) is 0 Å². The maximum atomic E-state index is 12.6. The zero-order valence-electron chi connectivity index (χ0n) is 14.1. The minimum Gasteiger partial charge on any atom is -0.381 e.